The molecule has 0 saturated carbocycles. The molecule has 0 fully saturated rings. The normalized spacial score (nSPS) is 10.9. The van der Waals surface area contributed by atoms with Crippen molar-refractivity contribution in [3.63, 3.8) is 0 Å². The van der Waals surface area contributed by atoms with Crippen molar-refractivity contribution < 1.29 is 0 Å². The molecule has 0 saturated heterocycles. The minimum absolute atomic E-state index is 0.711. The van der Waals surface area contributed by atoms with Gasteiger partial charge in [-0.1, -0.05) is 47.6 Å². The molecule has 0 amide bonds. The van der Waals surface area contributed by atoms with Gasteiger partial charge in [-0.25, -0.2) is 4.98 Å². The molecule has 1 aromatic carbocycles. The Morgan fingerprint density at radius 3 is 2.96 bits per heavy atom. The quantitative estimate of drug-likeness (QED) is 0.464. The summed E-state index contributed by atoms with van der Waals surface area (Å²) in [5.74, 6) is 1.64. The Morgan fingerprint density at radius 1 is 1.35 bits per heavy atom. The highest BCUT2D eigenvalue weighted by Crippen LogP contribution is 2.31. The molecule has 2 aromatic heterocycles. The van der Waals surface area contributed by atoms with Crippen LogP contribution in [-0.4, -0.2) is 19.7 Å². The van der Waals surface area contributed by atoms with Crippen molar-refractivity contribution in [3.05, 3.63) is 58.8 Å². The zero-order valence-electron chi connectivity index (χ0n) is 12.6. The van der Waals surface area contributed by atoms with Gasteiger partial charge in [-0.15, -0.1) is 28.1 Å². The van der Waals surface area contributed by atoms with Gasteiger partial charge in [0.05, 0.1) is 10.7 Å². The van der Waals surface area contributed by atoms with Crippen LogP contribution in [0.2, 0.25) is 5.02 Å². The first-order valence-corrected chi connectivity index (χ1v) is 9.26. The minimum atomic E-state index is 0.711. The molecule has 0 bridgehead atoms. The maximum atomic E-state index is 6.23. The first-order valence-electron chi connectivity index (χ1n) is 7.02. The van der Waals surface area contributed by atoms with Gasteiger partial charge in [-0.2, -0.15) is 0 Å². The van der Waals surface area contributed by atoms with Crippen LogP contribution in [0.5, 0.6) is 0 Å². The molecule has 0 atom stereocenters. The second-order valence-electron chi connectivity index (χ2n) is 4.84. The number of thiazole rings is 1. The van der Waals surface area contributed by atoms with Crippen LogP contribution in [0.15, 0.2) is 47.5 Å². The van der Waals surface area contributed by atoms with E-state index in [-0.39, 0.29) is 0 Å². The van der Waals surface area contributed by atoms with E-state index in [2.05, 4.69) is 27.1 Å². The smallest absolute Gasteiger partial charge is 0.191 e. The Balaban J connectivity index is 1.73. The van der Waals surface area contributed by atoms with Gasteiger partial charge in [0.15, 0.2) is 5.16 Å². The van der Waals surface area contributed by atoms with E-state index < -0.39 is 0 Å². The van der Waals surface area contributed by atoms with Gasteiger partial charge < -0.3 is 4.57 Å². The topological polar surface area (TPSA) is 43.6 Å². The van der Waals surface area contributed by atoms with Gasteiger partial charge in [-0.05, 0) is 13.0 Å². The fraction of sp³-hybridized carbons (Fsp3) is 0.188. The van der Waals surface area contributed by atoms with Gasteiger partial charge >= 0.3 is 0 Å². The van der Waals surface area contributed by atoms with E-state index in [9.17, 15) is 0 Å². The summed E-state index contributed by atoms with van der Waals surface area (Å²) in [5.41, 5.74) is 1.99. The van der Waals surface area contributed by atoms with Crippen molar-refractivity contribution in [2.45, 2.75) is 24.4 Å². The second kappa shape index (κ2) is 7.29. The molecular formula is C16H15ClN4S2. The third-order valence-corrected chi connectivity index (χ3v) is 5.47. The number of rotatable bonds is 6. The number of thioether (sulfide) groups is 1. The fourth-order valence-electron chi connectivity index (χ4n) is 2.08. The van der Waals surface area contributed by atoms with Crippen molar-refractivity contribution in [1.82, 2.24) is 19.7 Å². The maximum absolute atomic E-state index is 6.23. The number of halogens is 1. The molecule has 4 nitrogen and oxygen atoms in total. The van der Waals surface area contributed by atoms with E-state index in [1.54, 1.807) is 23.1 Å². The first-order chi connectivity index (χ1) is 11.2. The highest BCUT2D eigenvalue weighted by atomic mass is 35.5. The van der Waals surface area contributed by atoms with Crippen molar-refractivity contribution in [3.8, 4) is 10.6 Å². The Kier molecular flexibility index (Phi) is 5.15. The predicted octanol–water partition coefficient (Wildman–Crippen LogP) is 4.84. The van der Waals surface area contributed by atoms with Crippen LogP contribution in [0, 0.1) is 6.92 Å². The molecule has 0 spiro atoms. The van der Waals surface area contributed by atoms with Crippen LogP contribution in [0.25, 0.3) is 10.6 Å². The van der Waals surface area contributed by atoms with Crippen LogP contribution >= 0.6 is 34.7 Å². The summed E-state index contributed by atoms with van der Waals surface area (Å²) in [7, 11) is 0. The molecular weight excluding hydrogens is 348 g/mol. The SMILES string of the molecule is C=CCn1c(C)nnc1SCc1csc(-c2ccccc2Cl)n1. The second-order valence-corrected chi connectivity index (χ2v) is 7.05. The summed E-state index contributed by atoms with van der Waals surface area (Å²) < 4.78 is 2.04. The Bertz CT molecular complexity index is 825. The van der Waals surface area contributed by atoms with Gasteiger partial charge in [0, 0.05) is 23.2 Å². The average molecular weight is 363 g/mol. The molecule has 0 unspecified atom stereocenters. The van der Waals surface area contributed by atoms with Gasteiger partial charge in [0.1, 0.15) is 10.8 Å². The summed E-state index contributed by atoms with van der Waals surface area (Å²) in [6.07, 6.45) is 1.85. The molecule has 0 aliphatic heterocycles. The van der Waals surface area contributed by atoms with E-state index in [1.807, 2.05) is 41.8 Å². The monoisotopic (exact) mass is 362 g/mol. The average Bonchev–Trinajstić information content (AvgIpc) is 3.14. The van der Waals surface area contributed by atoms with Crippen molar-refractivity contribution >= 4 is 34.7 Å². The van der Waals surface area contributed by atoms with Crippen molar-refractivity contribution in [1.29, 1.82) is 0 Å². The number of nitrogens with zero attached hydrogens (tertiary/aromatic N) is 4. The van der Waals surface area contributed by atoms with Crippen LogP contribution in [0.3, 0.4) is 0 Å². The standard InChI is InChI=1S/C16H15ClN4S2/c1-3-8-21-11(2)19-20-16(21)23-10-12-9-22-15(18-12)13-6-4-5-7-14(13)17/h3-7,9H,1,8,10H2,2H3. The maximum Gasteiger partial charge on any atom is 0.191 e. The molecule has 118 valence electrons. The number of allylic oxidation sites excluding steroid dienone is 1. The third-order valence-electron chi connectivity index (χ3n) is 3.22. The molecule has 3 aromatic rings. The van der Waals surface area contributed by atoms with Crippen LogP contribution in [0.4, 0.5) is 0 Å². The third kappa shape index (κ3) is 3.65. The van der Waals surface area contributed by atoms with Crippen molar-refractivity contribution in [2.24, 2.45) is 0 Å². The van der Waals surface area contributed by atoms with Gasteiger partial charge in [0.25, 0.3) is 0 Å². The fourth-order valence-corrected chi connectivity index (χ4v) is 4.21. The molecule has 0 aliphatic rings. The zero-order chi connectivity index (χ0) is 16.2. The predicted molar refractivity (Wildman–Crippen MR) is 97.1 cm³/mol. The number of aryl methyl sites for hydroxylation is 1. The lowest BCUT2D eigenvalue weighted by Gasteiger charge is -2.04. The Morgan fingerprint density at radius 2 is 2.17 bits per heavy atom. The van der Waals surface area contributed by atoms with Crippen LogP contribution in [-0.2, 0) is 12.3 Å². The lowest BCUT2D eigenvalue weighted by Crippen LogP contribution is -2.00. The molecule has 0 aliphatic carbocycles. The summed E-state index contributed by atoms with van der Waals surface area (Å²) in [5, 5.41) is 12.9. The molecule has 3 rings (SSSR count). The summed E-state index contributed by atoms with van der Waals surface area (Å²) in [6.45, 7) is 6.43. The van der Waals surface area contributed by atoms with E-state index in [1.165, 1.54) is 0 Å². The van der Waals surface area contributed by atoms with Crippen LogP contribution in [0.1, 0.15) is 11.5 Å². The largest absolute Gasteiger partial charge is 0.302 e. The number of benzene rings is 1. The van der Waals surface area contributed by atoms with E-state index >= 15 is 0 Å². The zero-order valence-corrected chi connectivity index (χ0v) is 15.0. The highest BCUT2D eigenvalue weighted by molar-refractivity contribution is 7.98. The molecule has 0 N–H and O–H groups in total. The summed E-state index contributed by atoms with van der Waals surface area (Å²) in [4.78, 5) is 4.67. The molecule has 0 radical (unpaired) electrons. The summed E-state index contributed by atoms with van der Waals surface area (Å²) in [6, 6.07) is 7.76. The lowest BCUT2D eigenvalue weighted by atomic mass is 10.2. The Labute approximate surface area is 148 Å². The lowest BCUT2D eigenvalue weighted by molar-refractivity contribution is 0.703. The van der Waals surface area contributed by atoms with Crippen LogP contribution < -0.4 is 0 Å². The number of aromatic nitrogens is 4. The van der Waals surface area contributed by atoms with Gasteiger partial charge in [0.2, 0.25) is 0 Å². The van der Waals surface area contributed by atoms with Gasteiger partial charge in [-0.3, -0.25) is 0 Å². The molecule has 23 heavy (non-hydrogen) atoms. The van der Waals surface area contributed by atoms with E-state index in [0.29, 0.717) is 6.54 Å². The first kappa shape index (κ1) is 16.2. The molecule has 7 heteroatoms. The minimum Gasteiger partial charge on any atom is -0.302 e. The van der Waals surface area contributed by atoms with E-state index in [4.69, 9.17) is 11.6 Å². The highest BCUT2D eigenvalue weighted by Gasteiger charge is 2.11. The number of hydrogen-bond acceptors (Lipinski definition) is 5. The number of hydrogen-bond donors (Lipinski definition) is 0. The Hall–Kier alpha value is -1.63. The van der Waals surface area contributed by atoms with E-state index in [0.717, 1.165) is 38.0 Å². The summed E-state index contributed by atoms with van der Waals surface area (Å²) >= 11 is 9.46. The molecule has 2 heterocycles. The van der Waals surface area contributed by atoms with Crippen molar-refractivity contribution in [2.75, 3.05) is 0 Å².